The number of H-pyrrole nitrogens is 2. The van der Waals surface area contributed by atoms with Gasteiger partial charge in [0.05, 0.1) is 24.2 Å². The summed E-state index contributed by atoms with van der Waals surface area (Å²) in [6.45, 7) is 8.31. The molecule has 0 aliphatic heterocycles. The van der Waals surface area contributed by atoms with Gasteiger partial charge in [-0.15, -0.1) is 0 Å². The molecule has 0 bridgehead atoms. The summed E-state index contributed by atoms with van der Waals surface area (Å²) in [5.41, 5.74) is 3.59. The molecule has 272 valence electrons. The number of fused-ring (bicyclic) bond motifs is 2. The Balaban J connectivity index is 0.000000202. The van der Waals surface area contributed by atoms with Crippen LogP contribution < -0.4 is 20.1 Å². The van der Waals surface area contributed by atoms with Crippen molar-refractivity contribution in [2.45, 2.75) is 59.3 Å². The highest BCUT2D eigenvalue weighted by molar-refractivity contribution is 6.30. The summed E-state index contributed by atoms with van der Waals surface area (Å²) < 4.78 is 11.4. The van der Waals surface area contributed by atoms with Crippen LogP contribution in [-0.2, 0) is 19.3 Å². The second-order valence-electron chi connectivity index (χ2n) is 11.9. The molecule has 0 atom stereocenters. The van der Waals surface area contributed by atoms with Crippen LogP contribution in [0.4, 0.5) is 0 Å². The lowest BCUT2D eigenvalue weighted by atomic mass is 10.1. The third kappa shape index (κ3) is 10.5. The minimum absolute atomic E-state index is 0.0861. The van der Waals surface area contributed by atoms with Gasteiger partial charge in [0.15, 0.2) is 0 Å². The highest BCUT2D eigenvalue weighted by atomic mass is 35.5. The molecule has 2 aromatic carbocycles. The highest BCUT2D eigenvalue weighted by Gasteiger charge is 2.13. The third-order valence-corrected chi connectivity index (χ3v) is 8.25. The number of aromatic amines is 2. The minimum Gasteiger partial charge on any atom is -0.493 e. The first-order valence-corrected chi connectivity index (χ1v) is 18.1. The lowest BCUT2D eigenvalue weighted by molar-refractivity contribution is 0.0945. The van der Waals surface area contributed by atoms with Gasteiger partial charge in [-0.25, -0.2) is 15.0 Å². The third-order valence-electron chi connectivity index (χ3n) is 8.06. The van der Waals surface area contributed by atoms with E-state index < -0.39 is 0 Å². The van der Waals surface area contributed by atoms with E-state index in [1.165, 1.54) is 0 Å². The van der Waals surface area contributed by atoms with Crippen molar-refractivity contribution in [1.29, 1.82) is 0 Å². The number of carbonyl (C=O) groups excluding carboxylic acids is 2. The Kier molecular flexibility index (Phi) is 13.9. The van der Waals surface area contributed by atoms with Crippen molar-refractivity contribution in [3.05, 3.63) is 107 Å². The van der Waals surface area contributed by atoms with Crippen LogP contribution >= 0.6 is 11.6 Å². The molecule has 4 heterocycles. The molecule has 0 radical (unpaired) electrons. The number of hydrogen-bond donors (Lipinski definition) is 4. The molecule has 4 aromatic heterocycles. The summed E-state index contributed by atoms with van der Waals surface area (Å²) in [5, 5.41) is 7.98. The molecule has 12 nitrogen and oxygen atoms in total. The molecule has 6 rings (SSSR count). The van der Waals surface area contributed by atoms with E-state index in [4.69, 9.17) is 26.1 Å². The average molecular weight is 725 g/mol. The molecular weight excluding hydrogens is 680 g/mol. The Morgan fingerprint density at radius 3 is 1.69 bits per heavy atom. The Morgan fingerprint density at radius 1 is 0.692 bits per heavy atom. The maximum absolute atomic E-state index is 12.5. The average Bonchev–Trinajstić information content (AvgIpc) is 3.87. The number of ether oxygens (including phenoxy) is 2. The van der Waals surface area contributed by atoms with Crippen LogP contribution in [0, 0.1) is 0 Å². The maximum atomic E-state index is 12.5. The van der Waals surface area contributed by atoms with E-state index >= 15 is 0 Å². The second-order valence-corrected chi connectivity index (χ2v) is 12.3. The zero-order chi connectivity index (χ0) is 36.7. The number of halogens is 1. The molecule has 4 N–H and O–H groups in total. The molecular formula is C39H45ClN8O4. The van der Waals surface area contributed by atoms with Gasteiger partial charge in [-0.1, -0.05) is 24.9 Å². The molecule has 0 aliphatic rings. The van der Waals surface area contributed by atoms with E-state index in [0.29, 0.717) is 53.8 Å². The SMILES string of the molecule is CCCc1cc(OCC)c2ccc(C(=O)NCCCc3ncc[nH]3)cc2n1.CCOc1cc(Cl)nc2cc(C(=O)NCCCc3ncc[nH]3)ccc12. The minimum atomic E-state index is -0.138. The molecule has 52 heavy (non-hydrogen) atoms. The molecule has 0 spiro atoms. The predicted octanol–water partition coefficient (Wildman–Crippen LogP) is 7.04. The molecule has 0 saturated carbocycles. The number of pyridine rings is 2. The first kappa shape index (κ1) is 37.8. The second kappa shape index (κ2) is 19.2. The first-order valence-electron chi connectivity index (χ1n) is 17.7. The van der Waals surface area contributed by atoms with E-state index in [1.807, 2.05) is 44.2 Å². The summed E-state index contributed by atoms with van der Waals surface area (Å²) in [6, 6.07) is 14.6. The summed E-state index contributed by atoms with van der Waals surface area (Å²) in [6.07, 6.45) is 12.2. The fraction of sp³-hybridized carbons (Fsp3) is 0.333. The standard InChI is InChI=1S/C21H26N4O2.C18H19ClN4O2/c1-3-6-16-14-19(27-4-2)17-9-8-15(13-18(17)25-16)21(26)24-10-5-7-20-22-11-12-23-20;1-2-25-15-11-16(19)23-14-10-12(5-6-13(14)15)18(24)22-7-3-4-17-20-8-9-21-17/h8-9,11-14H,3-7,10H2,1-2H3,(H,22,23)(H,24,26);5-6,8-11H,2-4,7H2,1H3,(H,20,21)(H,22,24). The molecule has 13 heteroatoms. The van der Waals surface area contributed by atoms with E-state index in [9.17, 15) is 9.59 Å². The van der Waals surface area contributed by atoms with Crippen molar-refractivity contribution in [3.8, 4) is 11.5 Å². The number of nitrogens with one attached hydrogen (secondary N) is 4. The lowest BCUT2D eigenvalue weighted by Crippen LogP contribution is -2.24. The van der Waals surface area contributed by atoms with Gasteiger partial charge in [0.2, 0.25) is 0 Å². The van der Waals surface area contributed by atoms with E-state index in [1.54, 1.807) is 43.0 Å². The summed E-state index contributed by atoms with van der Waals surface area (Å²) in [4.78, 5) is 48.2. The molecule has 0 fully saturated rings. The van der Waals surface area contributed by atoms with Crippen LogP contribution in [0.5, 0.6) is 11.5 Å². The zero-order valence-corrected chi connectivity index (χ0v) is 30.6. The summed E-state index contributed by atoms with van der Waals surface area (Å²) in [7, 11) is 0. The van der Waals surface area contributed by atoms with Crippen molar-refractivity contribution < 1.29 is 19.1 Å². The fourth-order valence-corrected chi connectivity index (χ4v) is 5.81. The summed E-state index contributed by atoms with van der Waals surface area (Å²) >= 11 is 6.04. The normalized spacial score (nSPS) is 10.8. The van der Waals surface area contributed by atoms with Gasteiger partial charge in [-0.2, -0.15) is 0 Å². The Bertz CT molecular complexity index is 2050. The smallest absolute Gasteiger partial charge is 0.251 e. The first-order chi connectivity index (χ1) is 25.4. The number of imidazole rings is 2. The van der Waals surface area contributed by atoms with Crippen molar-refractivity contribution in [2.24, 2.45) is 0 Å². The number of aryl methyl sites for hydroxylation is 3. The number of nitrogens with zero attached hydrogens (tertiary/aromatic N) is 4. The molecule has 0 saturated heterocycles. The Labute approximate surface area is 308 Å². The van der Waals surface area contributed by atoms with Crippen LogP contribution in [0.2, 0.25) is 5.15 Å². The van der Waals surface area contributed by atoms with E-state index in [2.05, 4.69) is 42.5 Å². The lowest BCUT2D eigenvalue weighted by Gasteiger charge is -2.11. The van der Waals surface area contributed by atoms with Crippen LogP contribution in [0.3, 0.4) is 0 Å². The van der Waals surface area contributed by atoms with Crippen molar-refractivity contribution in [2.75, 3.05) is 26.3 Å². The van der Waals surface area contributed by atoms with Gasteiger partial charge in [0.1, 0.15) is 28.3 Å². The number of aromatic nitrogens is 6. The Hall–Kier alpha value is -5.49. The highest BCUT2D eigenvalue weighted by Crippen LogP contribution is 2.29. The van der Waals surface area contributed by atoms with Gasteiger partial charge in [0.25, 0.3) is 11.8 Å². The topological polar surface area (TPSA) is 160 Å². The van der Waals surface area contributed by atoms with Crippen LogP contribution in [0.1, 0.15) is 78.1 Å². The van der Waals surface area contributed by atoms with Gasteiger partial charge >= 0.3 is 0 Å². The zero-order valence-electron chi connectivity index (χ0n) is 29.8. The number of benzene rings is 2. The molecule has 0 aliphatic carbocycles. The van der Waals surface area contributed by atoms with Gasteiger partial charge < -0.3 is 30.1 Å². The Morgan fingerprint density at radius 2 is 1.21 bits per heavy atom. The molecule has 6 aromatic rings. The van der Waals surface area contributed by atoms with Crippen LogP contribution in [-0.4, -0.2) is 68.0 Å². The van der Waals surface area contributed by atoms with E-state index in [-0.39, 0.29) is 11.8 Å². The van der Waals surface area contributed by atoms with Gasteiger partial charge in [-0.3, -0.25) is 14.6 Å². The van der Waals surface area contributed by atoms with Gasteiger partial charge in [-0.05, 0) is 69.5 Å². The number of amides is 2. The largest absolute Gasteiger partial charge is 0.493 e. The van der Waals surface area contributed by atoms with Crippen molar-refractivity contribution in [3.63, 3.8) is 0 Å². The van der Waals surface area contributed by atoms with Crippen LogP contribution in [0.25, 0.3) is 21.8 Å². The van der Waals surface area contributed by atoms with Gasteiger partial charge in [0, 0.05) is 90.4 Å². The molecule has 2 amide bonds. The molecule has 0 unspecified atom stereocenters. The van der Waals surface area contributed by atoms with Crippen LogP contribution in [0.15, 0.2) is 73.3 Å². The number of rotatable bonds is 16. The monoisotopic (exact) mass is 724 g/mol. The summed E-state index contributed by atoms with van der Waals surface area (Å²) in [5.74, 6) is 3.13. The van der Waals surface area contributed by atoms with E-state index in [0.717, 1.165) is 77.9 Å². The number of hydrogen-bond acceptors (Lipinski definition) is 8. The quantitative estimate of drug-likeness (QED) is 0.0611. The maximum Gasteiger partial charge on any atom is 0.251 e. The number of carbonyl (C=O) groups is 2. The fourth-order valence-electron chi connectivity index (χ4n) is 5.62. The van der Waals surface area contributed by atoms with Crippen molar-refractivity contribution >= 4 is 45.2 Å². The van der Waals surface area contributed by atoms with Crippen molar-refractivity contribution in [1.82, 2.24) is 40.5 Å². The predicted molar refractivity (Wildman–Crippen MR) is 203 cm³/mol.